The lowest BCUT2D eigenvalue weighted by Crippen LogP contribution is -2.35. The van der Waals surface area contributed by atoms with Crippen LogP contribution in [0.5, 0.6) is 0 Å². The molecule has 0 radical (unpaired) electrons. The summed E-state index contributed by atoms with van der Waals surface area (Å²) in [5.74, 6) is -0.435. The van der Waals surface area contributed by atoms with Gasteiger partial charge in [-0.25, -0.2) is 4.90 Å². The number of carbonyl (C=O) groups excluding carboxylic acids is 2. The zero-order valence-electron chi connectivity index (χ0n) is 13.9. The Labute approximate surface area is 146 Å². The van der Waals surface area contributed by atoms with Crippen molar-refractivity contribution < 1.29 is 9.59 Å². The zero-order valence-corrected chi connectivity index (χ0v) is 14.6. The number of hydrogen-bond donors (Lipinski definition) is 1. The summed E-state index contributed by atoms with van der Waals surface area (Å²) in [5, 5.41) is 3.77. The van der Waals surface area contributed by atoms with Gasteiger partial charge in [0.15, 0.2) is 0 Å². The molecule has 2 aromatic rings. The molecule has 2 aromatic carbocycles. The molecule has 1 atom stereocenters. The Balaban J connectivity index is 1.84. The van der Waals surface area contributed by atoms with E-state index < -0.39 is 6.04 Å². The van der Waals surface area contributed by atoms with Gasteiger partial charge in [-0.3, -0.25) is 9.59 Å². The van der Waals surface area contributed by atoms with Crippen LogP contribution in [-0.2, 0) is 9.59 Å². The number of imide groups is 1. The van der Waals surface area contributed by atoms with Crippen molar-refractivity contribution in [2.24, 2.45) is 0 Å². The van der Waals surface area contributed by atoms with Crippen molar-refractivity contribution in [2.45, 2.75) is 33.2 Å². The molecule has 24 heavy (non-hydrogen) atoms. The van der Waals surface area contributed by atoms with Gasteiger partial charge in [0.25, 0.3) is 5.91 Å². The van der Waals surface area contributed by atoms with E-state index in [1.165, 1.54) is 10.5 Å². The van der Waals surface area contributed by atoms with Crippen LogP contribution in [0.3, 0.4) is 0 Å². The predicted molar refractivity (Wildman–Crippen MR) is 96.6 cm³/mol. The second kappa shape index (κ2) is 6.29. The standard InChI is InChI=1S/C19H19ClN2O2/c1-11-4-6-15(9-12(11)2)21-16-10-18(23)22(19(16)24)17-7-5-14(20)8-13(17)3/h4-9,16,21H,10H2,1-3H3/t16-/m1/s1. The molecule has 4 nitrogen and oxygen atoms in total. The van der Waals surface area contributed by atoms with Gasteiger partial charge in [0, 0.05) is 10.7 Å². The Bertz CT molecular complexity index is 832. The molecule has 1 heterocycles. The van der Waals surface area contributed by atoms with E-state index >= 15 is 0 Å². The van der Waals surface area contributed by atoms with E-state index in [9.17, 15) is 9.59 Å². The van der Waals surface area contributed by atoms with E-state index in [0.29, 0.717) is 10.7 Å². The summed E-state index contributed by atoms with van der Waals surface area (Å²) >= 11 is 5.96. The lowest BCUT2D eigenvalue weighted by atomic mass is 10.1. The maximum atomic E-state index is 12.7. The number of halogens is 1. The quantitative estimate of drug-likeness (QED) is 0.857. The molecule has 1 aliphatic rings. The minimum Gasteiger partial charge on any atom is -0.373 e. The topological polar surface area (TPSA) is 49.4 Å². The first-order chi connectivity index (χ1) is 11.4. The van der Waals surface area contributed by atoms with Crippen molar-refractivity contribution in [1.29, 1.82) is 0 Å². The van der Waals surface area contributed by atoms with E-state index in [0.717, 1.165) is 16.8 Å². The average molecular weight is 343 g/mol. The lowest BCUT2D eigenvalue weighted by Gasteiger charge is -2.18. The van der Waals surface area contributed by atoms with Gasteiger partial charge < -0.3 is 5.32 Å². The molecule has 0 saturated carbocycles. The fourth-order valence-corrected chi connectivity index (χ4v) is 3.13. The van der Waals surface area contributed by atoms with Crippen molar-refractivity contribution in [3.05, 3.63) is 58.1 Å². The normalized spacial score (nSPS) is 17.5. The predicted octanol–water partition coefficient (Wildman–Crippen LogP) is 4.01. The first-order valence-electron chi connectivity index (χ1n) is 7.83. The summed E-state index contributed by atoms with van der Waals surface area (Å²) < 4.78 is 0. The number of nitrogens with one attached hydrogen (secondary N) is 1. The van der Waals surface area contributed by atoms with Crippen molar-refractivity contribution >= 4 is 34.8 Å². The molecule has 1 aliphatic heterocycles. The molecular formula is C19H19ClN2O2. The molecule has 1 N–H and O–H groups in total. The molecule has 0 bridgehead atoms. The van der Waals surface area contributed by atoms with Gasteiger partial charge in [0.1, 0.15) is 6.04 Å². The summed E-state index contributed by atoms with van der Waals surface area (Å²) in [6, 6.07) is 10.5. The number of carbonyl (C=O) groups is 2. The third-order valence-electron chi connectivity index (χ3n) is 4.39. The average Bonchev–Trinajstić information content (AvgIpc) is 2.78. The summed E-state index contributed by atoms with van der Waals surface area (Å²) in [5.41, 5.74) is 4.57. The Morgan fingerprint density at radius 2 is 1.75 bits per heavy atom. The van der Waals surface area contributed by atoms with E-state index in [2.05, 4.69) is 5.32 Å². The molecule has 0 aliphatic carbocycles. The van der Waals surface area contributed by atoms with E-state index in [1.807, 2.05) is 39.0 Å². The Kier molecular flexibility index (Phi) is 4.33. The number of nitrogens with zero attached hydrogens (tertiary/aromatic N) is 1. The van der Waals surface area contributed by atoms with Crippen LogP contribution in [-0.4, -0.2) is 17.9 Å². The number of amides is 2. The summed E-state index contributed by atoms with van der Waals surface area (Å²) in [6.45, 7) is 5.89. The minimum absolute atomic E-state index is 0.147. The lowest BCUT2D eigenvalue weighted by molar-refractivity contribution is -0.121. The highest BCUT2D eigenvalue weighted by molar-refractivity contribution is 6.31. The second-order valence-corrected chi connectivity index (χ2v) is 6.63. The number of anilines is 2. The monoisotopic (exact) mass is 342 g/mol. The molecule has 5 heteroatoms. The number of aryl methyl sites for hydroxylation is 3. The molecule has 0 spiro atoms. The van der Waals surface area contributed by atoms with Crippen molar-refractivity contribution in [3.63, 3.8) is 0 Å². The fourth-order valence-electron chi connectivity index (χ4n) is 2.90. The van der Waals surface area contributed by atoms with E-state index in [4.69, 9.17) is 11.6 Å². The summed E-state index contributed by atoms with van der Waals surface area (Å²) in [7, 11) is 0. The third kappa shape index (κ3) is 3.02. The van der Waals surface area contributed by atoms with Crippen LogP contribution in [0.25, 0.3) is 0 Å². The zero-order chi connectivity index (χ0) is 17.4. The molecule has 0 unspecified atom stereocenters. The van der Waals surface area contributed by atoms with Crippen molar-refractivity contribution in [1.82, 2.24) is 0 Å². The van der Waals surface area contributed by atoms with Gasteiger partial charge in [-0.1, -0.05) is 17.7 Å². The molecular weight excluding hydrogens is 324 g/mol. The molecule has 0 aromatic heterocycles. The highest BCUT2D eigenvalue weighted by Gasteiger charge is 2.40. The Morgan fingerprint density at radius 3 is 2.42 bits per heavy atom. The van der Waals surface area contributed by atoms with E-state index in [-0.39, 0.29) is 18.2 Å². The molecule has 1 fully saturated rings. The summed E-state index contributed by atoms with van der Waals surface area (Å²) in [4.78, 5) is 26.3. The van der Waals surface area contributed by atoms with Gasteiger partial charge in [-0.15, -0.1) is 0 Å². The fraction of sp³-hybridized carbons (Fsp3) is 0.263. The first kappa shape index (κ1) is 16.5. The van der Waals surface area contributed by atoms with Gasteiger partial charge in [0.05, 0.1) is 12.1 Å². The number of rotatable bonds is 3. The molecule has 124 valence electrons. The third-order valence-corrected chi connectivity index (χ3v) is 4.63. The largest absolute Gasteiger partial charge is 0.373 e. The second-order valence-electron chi connectivity index (χ2n) is 6.20. The van der Waals surface area contributed by atoms with E-state index in [1.54, 1.807) is 18.2 Å². The Morgan fingerprint density at radius 1 is 1.00 bits per heavy atom. The summed E-state index contributed by atoms with van der Waals surface area (Å²) in [6.07, 6.45) is 0.147. The number of hydrogen-bond acceptors (Lipinski definition) is 3. The Hall–Kier alpha value is -2.33. The van der Waals surface area contributed by atoms with Crippen molar-refractivity contribution in [3.8, 4) is 0 Å². The number of benzene rings is 2. The smallest absolute Gasteiger partial charge is 0.256 e. The SMILES string of the molecule is Cc1ccc(N[C@@H]2CC(=O)N(c3ccc(Cl)cc3C)C2=O)cc1C. The maximum absolute atomic E-state index is 12.7. The van der Waals surface area contributed by atoms with Crippen LogP contribution < -0.4 is 10.2 Å². The van der Waals surface area contributed by atoms with Crippen LogP contribution in [0.1, 0.15) is 23.1 Å². The van der Waals surface area contributed by atoms with Gasteiger partial charge in [-0.05, 0) is 67.8 Å². The molecule has 1 saturated heterocycles. The first-order valence-corrected chi connectivity index (χ1v) is 8.21. The molecule has 2 amide bonds. The van der Waals surface area contributed by atoms with Gasteiger partial charge in [-0.2, -0.15) is 0 Å². The van der Waals surface area contributed by atoms with Crippen molar-refractivity contribution in [2.75, 3.05) is 10.2 Å². The van der Waals surface area contributed by atoms with Crippen LogP contribution in [0, 0.1) is 20.8 Å². The maximum Gasteiger partial charge on any atom is 0.256 e. The minimum atomic E-state index is -0.547. The van der Waals surface area contributed by atoms with Crippen LogP contribution in [0.15, 0.2) is 36.4 Å². The van der Waals surface area contributed by atoms with Gasteiger partial charge in [0.2, 0.25) is 5.91 Å². The molecule has 3 rings (SSSR count). The van der Waals surface area contributed by atoms with Crippen LogP contribution in [0.4, 0.5) is 11.4 Å². The van der Waals surface area contributed by atoms with Crippen LogP contribution in [0.2, 0.25) is 5.02 Å². The highest BCUT2D eigenvalue weighted by Crippen LogP contribution is 2.29. The van der Waals surface area contributed by atoms with Gasteiger partial charge >= 0.3 is 0 Å². The highest BCUT2D eigenvalue weighted by atomic mass is 35.5. The van der Waals surface area contributed by atoms with Crippen LogP contribution >= 0.6 is 11.6 Å².